The number of thiophene rings is 1. The van der Waals surface area contributed by atoms with Gasteiger partial charge >= 0.3 is 0 Å². The SMILES string of the molecule is Cl.O=C(NCCCn1ccnn1)c1cc2c(s1)CCOC21CCNCC1. The molecule has 7 nitrogen and oxygen atoms in total. The fourth-order valence-corrected chi connectivity index (χ4v) is 4.80. The van der Waals surface area contributed by atoms with Gasteiger partial charge in [-0.2, -0.15) is 0 Å². The molecular formula is C17H24ClN5O2S. The van der Waals surface area contributed by atoms with Crippen LogP contribution in [0, 0.1) is 0 Å². The molecular weight excluding hydrogens is 374 g/mol. The van der Waals surface area contributed by atoms with Gasteiger partial charge in [-0.05, 0) is 44.0 Å². The van der Waals surface area contributed by atoms with Crippen LogP contribution in [-0.4, -0.2) is 47.1 Å². The number of nitrogens with one attached hydrogen (secondary N) is 2. The van der Waals surface area contributed by atoms with Crippen LogP contribution >= 0.6 is 23.7 Å². The Labute approximate surface area is 162 Å². The number of amides is 1. The maximum Gasteiger partial charge on any atom is 0.261 e. The minimum absolute atomic E-state index is 0. The number of piperidine rings is 1. The first kappa shape index (κ1) is 19.3. The first-order valence-electron chi connectivity index (χ1n) is 8.87. The summed E-state index contributed by atoms with van der Waals surface area (Å²) in [4.78, 5) is 14.6. The molecule has 0 unspecified atom stereocenters. The van der Waals surface area contributed by atoms with Gasteiger partial charge in [0.2, 0.25) is 0 Å². The normalized spacial score (nSPS) is 18.2. The summed E-state index contributed by atoms with van der Waals surface area (Å²) in [6.45, 7) is 4.09. The number of ether oxygens (including phenoxy) is 1. The van der Waals surface area contributed by atoms with E-state index in [9.17, 15) is 4.79 Å². The van der Waals surface area contributed by atoms with Crippen LogP contribution in [0.2, 0.25) is 0 Å². The number of fused-ring (bicyclic) bond motifs is 2. The summed E-state index contributed by atoms with van der Waals surface area (Å²) in [7, 11) is 0. The molecule has 2 aliphatic rings. The first-order valence-corrected chi connectivity index (χ1v) is 9.69. The van der Waals surface area contributed by atoms with Crippen molar-refractivity contribution >= 4 is 29.7 Å². The van der Waals surface area contributed by atoms with Crippen molar-refractivity contribution in [3.63, 3.8) is 0 Å². The van der Waals surface area contributed by atoms with Crippen molar-refractivity contribution in [3.05, 3.63) is 33.8 Å². The van der Waals surface area contributed by atoms with Gasteiger partial charge in [0, 0.05) is 30.6 Å². The lowest BCUT2D eigenvalue weighted by Gasteiger charge is -2.40. The third-order valence-electron chi connectivity index (χ3n) is 4.96. The molecule has 1 saturated heterocycles. The van der Waals surface area contributed by atoms with Crippen molar-refractivity contribution in [2.24, 2.45) is 0 Å². The Hall–Kier alpha value is -1.48. The summed E-state index contributed by atoms with van der Waals surface area (Å²) < 4.78 is 7.96. The van der Waals surface area contributed by atoms with Gasteiger partial charge < -0.3 is 15.4 Å². The van der Waals surface area contributed by atoms with E-state index >= 15 is 0 Å². The second-order valence-electron chi connectivity index (χ2n) is 6.57. The summed E-state index contributed by atoms with van der Waals surface area (Å²) in [5, 5.41) is 14.1. The van der Waals surface area contributed by atoms with E-state index in [-0.39, 0.29) is 23.9 Å². The number of carbonyl (C=O) groups is 1. The summed E-state index contributed by atoms with van der Waals surface area (Å²) in [6.07, 6.45) is 7.19. The lowest BCUT2D eigenvalue weighted by atomic mass is 9.83. The van der Waals surface area contributed by atoms with E-state index in [4.69, 9.17) is 4.74 Å². The Kier molecular flexibility index (Phi) is 6.29. The Balaban J connectivity index is 0.00000196. The van der Waals surface area contributed by atoms with Gasteiger partial charge in [-0.1, -0.05) is 5.21 Å². The van der Waals surface area contributed by atoms with E-state index in [1.807, 2.05) is 6.20 Å². The summed E-state index contributed by atoms with van der Waals surface area (Å²) >= 11 is 1.63. The van der Waals surface area contributed by atoms with E-state index in [0.29, 0.717) is 6.54 Å². The van der Waals surface area contributed by atoms with Gasteiger partial charge in [0.25, 0.3) is 5.91 Å². The van der Waals surface area contributed by atoms with Crippen molar-refractivity contribution in [2.45, 2.75) is 37.8 Å². The number of aromatic nitrogens is 3. The number of hydrogen-bond acceptors (Lipinski definition) is 6. The Morgan fingerprint density at radius 2 is 2.27 bits per heavy atom. The highest BCUT2D eigenvalue weighted by Crippen LogP contribution is 2.43. The zero-order valence-corrected chi connectivity index (χ0v) is 16.2. The maximum atomic E-state index is 12.5. The Morgan fingerprint density at radius 3 is 3.04 bits per heavy atom. The summed E-state index contributed by atoms with van der Waals surface area (Å²) in [5.74, 6) is 0.0158. The minimum Gasteiger partial charge on any atom is -0.370 e. The molecule has 4 rings (SSSR count). The van der Waals surface area contributed by atoms with Gasteiger partial charge in [-0.3, -0.25) is 9.48 Å². The van der Waals surface area contributed by atoms with Gasteiger partial charge in [0.1, 0.15) is 0 Å². The van der Waals surface area contributed by atoms with E-state index in [1.54, 1.807) is 22.2 Å². The Bertz CT molecular complexity index is 728. The number of carbonyl (C=O) groups excluding carboxylic acids is 1. The molecule has 26 heavy (non-hydrogen) atoms. The average molecular weight is 398 g/mol. The molecule has 0 aliphatic carbocycles. The van der Waals surface area contributed by atoms with Gasteiger partial charge in [-0.25, -0.2) is 0 Å². The van der Waals surface area contributed by atoms with Crippen molar-refractivity contribution in [1.82, 2.24) is 25.6 Å². The highest BCUT2D eigenvalue weighted by atomic mass is 35.5. The molecule has 2 aliphatic heterocycles. The standard InChI is InChI=1S/C17H23N5O2S.ClH/c23-16(19-5-1-9-22-10-8-20-21-22)15-12-13-14(25-15)2-11-24-17(13)3-6-18-7-4-17;/h8,10,12,18H,1-7,9,11H2,(H,19,23);1H. The largest absolute Gasteiger partial charge is 0.370 e. The maximum absolute atomic E-state index is 12.5. The van der Waals surface area contributed by atoms with Crippen molar-refractivity contribution in [1.29, 1.82) is 0 Å². The third kappa shape index (κ3) is 3.93. The summed E-state index contributed by atoms with van der Waals surface area (Å²) in [6, 6.07) is 2.07. The molecule has 2 N–H and O–H groups in total. The molecule has 1 amide bonds. The van der Waals surface area contributed by atoms with Crippen LogP contribution in [0.3, 0.4) is 0 Å². The van der Waals surface area contributed by atoms with Crippen LogP contribution in [0.5, 0.6) is 0 Å². The van der Waals surface area contributed by atoms with Gasteiger partial charge in [0.15, 0.2) is 0 Å². The topological polar surface area (TPSA) is 81.1 Å². The fourth-order valence-electron chi connectivity index (χ4n) is 3.66. The molecule has 142 valence electrons. The lowest BCUT2D eigenvalue weighted by molar-refractivity contribution is -0.0792. The second kappa shape index (κ2) is 8.47. The van der Waals surface area contributed by atoms with Crippen molar-refractivity contribution < 1.29 is 9.53 Å². The second-order valence-corrected chi connectivity index (χ2v) is 7.70. The average Bonchev–Trinajstić information content (AvgIpc) is 3.30. The van der Waals surface area contributed by atoms with Crippen molar-refractivity contribution in [3.8, 4) is 0 Å². The highest BCUT2D eigenvalue weighted by molar-refractivity contribution is 7.14. The predicted molar refractivity (Wildman–Crippen MR) is 102 cm³/mol. The fraction of sp³-hybridized carbons (Fsp3) is 0.588. The third-order valence-corrected chi connectivity index (χ3v) is 6.16. The Morgan fingerprint density at radius 1 is 1.42 bits per heavy atom. The minimum atomic E-state index is -0.180. The van der Waals surface area contributed by atoms with E-state index < -0.39 is 0 Å². The number of halogens is 1. The van der Waals surface area contributed by atoms with E-state index in [1.165, 1.54) is 10.4 Å². The molecule has 1 fully saturated rings. The number of nitrogens with zero attached hydrogens (tertiary/aromatic N) is 3. The van der Waals surface area contributed by atoms with Crippen LogP contribution in [0.25, 0.3) is 0 Å². The van der Waals surface area contributed by atoms with Crippen LogP contribution in [0.1, 0.15) is 39.4 Å². The van der Waals surface area contributed by atoms with Crippen LogP contribution in [-0.2, 0) is 23.3 Å². The van der Waals surface area contributed by atoms with Gasteiger partial charge in [-0.15, -0.1) is 28.8 Å². The molecule has 2 aromatic rings. The lowest BCUT2D eigenvalue weighted by Crippen LogP contribution is -2.44. The highest BCUT2D eigenvalue weighted by Gasteiger charge is 2.40. The number of rotatable bonds is 5. The smallest absolute Gasteiger partial charge is 0.261 e. The molecule has 9 heteroatoms. The molecule has 0 radical (unpaired) electrons. The first-order chi connectivity index (χ1) is 12.3. The van der Waals surface area contributed by atoms with E-state index in [2.05, 4.69) is 27.0 Å². The molecule has 4 heterocycles. The zero-order chi connectivity index (χ0) is 17.1. The van der Waals surface area contributed by atoms with E-state index in [0.717, 1.165) is 56.8 Å². The molecule has 1 spiro atoms. The molecule has 0 saturated carbocycles. The summed E-state index contributed by atoms with van der Waals surface area (Å²) in [5.41, 5.74) is 1.07. The van der Waals surface area contributed by atoms with Crippen LogP contribution in [0.15, 0.2) is 18.5 Å². The number of aryl methyl sites for hydroxylation is 1. The monoisotopic (exact) mass is 397 g/mol. The molecule has 2 aromatic heterocycles. The van der Waals surface area contributed by atoms with Crippen LogP contribution in [0.4, 0.5) is 0 Å². The zero-order valence-electron chi connectivity index (χ0n) is 14.6. The molecule has 0 bridgehead atoms. The van der Waals surface area contributed by atoms with Crippen molar-refractivity contribution in [2.75, 3.05) is 26.2 Å². The number of hydrogen-bond donors (Lipinski definition) is 2. The predicted octanol–water partition coefficient (Wildman–Crippen LogP) is 1.73. The molecule has 0 atom stereocenters. The van der Waals surface area contributed by atoms with Gasteiger partial charge in [0.05, 0.1) is 23.3 Å². The van der Waals surface area contributed by atoms with Crippen LogP contribution < -0.4 is 10.6 Å². The quantitative estimate of drug-likeness (QED) is 0.751. The molecule has 0 aromatic carbocycles.